The first-order chi connectivity index (χ1) is 14.1. The molecule has 29 heavy (non-hydrogen) atoms. The first-order valence-corrected chi connectivity index (χ1v) is 8.92. The van der Waals surface area contributed by atoms with E-state index in [9.17, 15) is 5.26 Å². The van der Waals surface area contributed by atoms with Crippen LogP contribution in [0.4, 0.5) is 17.2 Å². The third kappa shape index (κ3) is 4.01. The van der Waals surface area contributed by atoms with Crippen molar-refractivity contribution in [1.29, 1.82) is 5.26 Å². The van der Waals surface area contributed by atoms with E-state index < -0.39 is 0 Å². The molecule has 0 amide bonds. The van der Waals surface area contributed by atoms with Gasteiger partial charge < -0.3 is 15.8 Å². The minimum Gasteiger partial charge on any atom is -0.438 e. The van der Waals surface area contributed by atoms with E-state index >= 15 is 0 Å². The van der Waals surface area contributed by atoms with Gasteiger partial charge in [-0.25, -0.2) is 0 Å². The molecule has 0 saturated carbocycles. The van der Waals surface area contributed by atoms with Crippen LogP contribution in [-0.2, 0) is 7.05 Å². The molecule has 7 nitrogen and oxygen atoms in total. The lowest BCUT2D eigenvalue weighted by molar-refractivity contribution is 0.462. The van der Waals surface area contributed by atoms with Crippen molar-refractivity contribution in [3.8, 4) is 28.8 Å². The van der Waals surface area contributed by atoms with Crippen molar-refractivity contribution in [2.45, 2.75) is 0 Å². The van der Waals surface area contributed by atoms with Gasteiger partial charge in [0.15, 0.2) is 0 Å². The van der Waals surface area contributed by atoms with Gasteiger partial charge in [0.05, 0.1) is 11.9 Å². The molecule has 3 N–H and O–H groups in total. The fraction of sp³-hybridized carbons (Fsp3) is 0.0455. The number of nitrogens with two attached hydrogens (primary N) is 1. The molecular weight excluding hydrogens is 364 g/mol. The largest absolute Gasteiger partial charge is 0.438 e. The highest BCUT2D eigenvalue weighted by Crippen LogP contribution is 2.30. The first kappa shape index (κ1) is 18.1. The average Bonchev–Trinajstić information content (AvgIpc) is 3.16. The fourth-order valence-corrected chi connectivity index (χ4v) is 2.86. The van der Waals surface area contributed by atoms with Crippen molar-refractivity contribution in [2.24, 2.45) is 7.05 Å². The number of rotatable bonds is 5. The molecule has 0 bridgehead atoms. The number of nitrogens with zero attached hydrogens (tertiary/aromatic N) is 4. The van der Waals surface area contributed by atoms with Crippen LogP contribution in [0.25, 0.3) is 11.1 Å². The zero-order chi connectivity index (χ0) is 20.2. The molecule has 2 aromatic heterocycles. The van der Waals surface area contributed by atoms with E-state index in [2.05, 4.69) is 21.5 Å². The summed E-state index contributed by atoms with van der Waals surface area (Å²) in [6.45, 7) is 0. The highest BCUT2D eigenvalue weighted by atomic mass is 16.5. The van der Waals surface area contributed by atoms with Gasteiger partial charge in [-0.15, -0.1) is 0 Å². The number of benzene rings is 2. The summed E-state index contributed by atoms with van der Waals surface area (Å²) in [4.78, 5) is 4.43. The minimum absolute atomic E-state index is 0.160. The topological polar surface area (TPSA) is 102 Å². The van der Waals surface area contributed by atoms with Crippen LogP contribution in [0.3, 0.4) is 0 Å². The van der Waals surface area contributed by atoms with Crippen molar-refractivity contribution in [3.63, 3.8) is 0 Å². The molecule has 0 aliphatic carbocycles. The van der Waals surface area contributed by atoms with Crippen LogP contribution in [0, 0.1) is 11.3 Å². The number of nitriles is 1. The van der Waals surface area contributed by atoms with E-state index in [1.165, 1.54) is 0 Å². The number of pyridine rings is 1. The molecule has 4 rings (SSSR count). The van der Waals surface area contributed by atoms with E-state index in [4.69, 9.17) is 10.5 Å². The second kappa shape index (κ2) is 7.74. The van der Waals surface area contributed by atoms with E-state index in [0.717, 1.165) is 16.8 Å². The lowest BCUT2D eigenvalue weighted by Gasteiger charge is -2.12. The van der Waals surface area contributed by atoms with Gasteiger partial charge >= 0.3 is 0 Å². The maximum atomic E-state index is 9.42. The molecule has 0 atom stereocenters. The Kier molecular flexibility index (Phi) is 4.82. The summed E-state index contributed by atoms with van der Waals surface area (Å²) in [5.41, 5.74) is 9.48. The zero-order valence-electron chi connectivity index (χ0n) is 15.7. The molecular formula is C22H18N6O. The SMILES string of the molecule is Cn1cc(-c2ccc(Nc3cc(N)c(C#N)c(Oc4ccccc4)n3)cc2)cn1. The number of nitrogen functional groups attached to an aromatic ring is 1. The molecule has 2 aromatic carbocycles. The monoisotopic (exact) mass is 382 g/mol. The van der Waals surface area contributed by atoms with Gasteiger partial charge in [-0.2, -0.15) is 15.3 Å². The van der Waals surface area contributed by atoms with Gasteiger partial charge in [0, 0.05) is 30.6 Å². The Morgan fingerprint density at radius 3 is 2.48 bits per heavy atom. The summed E-state index contributed by atoms with van der Waals surface area (Å²) in [5, 5.41) is 16.8. The lowest BCUT2D eigenvalue weighted by Crippen LogP contribution is -2.02. The third-order valence-corrected chi connectivity index (χ3v) is 4.28. The van der Waals surface area contributed by atoms with Gasteiger partial charge in [-0.1, -0.05) is 30.3 Å². The predicted octanol–water partition coefficient (Wildman–Crippen LogP) is 4.47. The molecule has 0 radical (unpaired) electrons. The van der Waals surface area contributed by atoms with Crippen LogP contribution in [0.5, 0.6) is 11.6 Å². The highest BCUT2D eigenvalue weighted by molar-refractivity contribution is 5.70. The number of hydrogen-bond donors (Lipinski definition) is 2. The van der Waals surface area contributed by atoms with Crippen LogP contribution < -0.4 is 15.8 Å². The van der Waals surface area contributed by atoms with E-state index in [1.54, 1.807) is 22.9 Å². The Labute approximate surface area is 168 Å². The third-order valence-electron chi connectivity index (χ3n) is 4.28. The van der Waals surface area contributed by atoms with Crippen LogP contribution in [0.15, 0.2) is 73.1 Å². The lowest BCUT2D eigenvalue weighted by atomic mass is 10.1. The number of hydrogen-bond acceptors (Lipinski definition) is 6. The maximum absolute atomic E-state index is 9.42. The zero-order valence-corrected chi connectivity index (χ0v) is 15.7. The molecule has 4 aromatic rings. The van der Waals surface area contributed by atoms with Crippen molar-refractivity contribution < 1.29 is 4.74 Å². The molecule has 0 aliphatic rings. The number of aryl methyl sites for hydroxylation is 1. The molecule has 0 unspecified atom stereocenters. The molecule has 2 heterocycles. The van der Waals surface area contributed by atoms with Gasteiger partial charge in [-0.05, 0) is 29.8 Å². The van der Waals surface area contributed by atoms with Crippen molar-refractivity contribution in [3.05, 3.63) is 78.6 Å². The summed E-state index contributed by atoms with van der Waals surface area (Å²) < 4.78 is 7.54. The quantitative estimate of drug-likeness (QED) is 0.528. The number of ether oxygens (including phenoxy) is 1. The number of aromatic nitrogens is 3. The normalized spacial score (nSPS) is 10.3. The average molecular weight is 382 g/mol. The van der Waals surface area contributed by atoms with Crippen molar-refractivity contribution in [1.82, 2.24) is 14.8 Å². The van der Waals surface area contributed by atoms with Gasteiger partial charge in [0.25, 0.3) is 0 Å². The molecule has 142 valence electrons. The van der Waals surface area contributed by atoms with Crippen LogP contribution in [-0.4, -0.2) is 14.8 Å². The van der Waals surface area contributed by atoms with Crippen molar-refractivity contribution >= 4 is 17.2 Å². The Morgan fingerprint density at radius 2 is 1.83 bits per heavy atom. The number of para-hydroxylation sites is 1. The summed E-state index contributed by atoms with van der Waals surface area (Å²) >= 11 is 0. The number of nitrogens with one attached hydrogen (secondary N) is 1. The van der Waals surface area contributed by atoms with Crippen LogP contribution in [0.1, 0.15) is 5.56 Å². The Bertz CT molecular complexity index is 1180. The van der Waals surface area contributed by atoms with Crippen molar-refractivity contribution in [2.75, 3.05) is 11.1 Å². The predicted molar refractivity (Wildman–Crippen MR) is 112 cm³/mol. The standard InChI is InChI=1S/C22H18N6O/c1-28-14-16(13-25-28)15-7-9-17(10-8-15)26-21-11-20(24)19(12-23)22(27-21)29-18-5-3-2-4-6-18/h2-11,13-14H,1H3,(H3,24,26,27). The van der Waals surface area contributed by atoms with E-state index in [-0.39, 0.29) is 11.4 Å². The summed E-state index contributed by atoms with van der Waals surface area (Å²) in [6, 6.07) is 20.7. The highest BCUT2D eigenvalue weighted by Gasteiger charge is 2.13. The Hall–Kier alpha value is -4.31. The summed E-state index contributed by atoms with van der Waals surface area (Å²) in [7, 11) is 1.88. The molecule has 0 saturated heterocycles. The minimum atomic E-state index is 0.160. The maximum Gasteiger partial charge on any atom is 0.241 e. The van der Waals surface area contributed by atoms with Gasteiger partial charge in [0.2, 0.25) is 5.88 Å². The smallest absolute Gasteiger partial charge is 0.241 e. The van der Waals surface area contributed by atoms with Crippen LogP contribution >= 0.6 is 0 Å². The fourth-order valence-electron chi connectivity index (χ4n) is 2.86. The van der Waals surface area contributed by atoms with E-state index in [1.807, 2.05) is 61.9 Å². The summed E-state index contributed by atoms with van der Waals surface area (Å²) in [5.74, 6) is 1.23. The molecule has 7 heteroatoms. The van der Waals surface area contributed by atoms with Gasteiger partial charge in [0.1, 0.15) is 23.2 Å². The molecule has 0 fully saturated rings. The van der Waals surface area contributed by atoms with Crippen LogP contribution in [0.2, 0.25) is 0 Å². The number of anilines is 3. The Balaban J connectivity index is 1.59. The summed E-state index contributed by atoms with van der Waals surface area (Å²) in [6.07, 6.45) is 3.77. The molecule has 0 spiro atoms. The second-order valence-corrected chi connectivity index (χ2v) is 6.41. The second-order valence-electron chi connectivity index (χ2n) is 6.41. The Morgan fingerprint density at radius 1 is 1.07 bits per heavy atom. The van der Waals surface area contributed by atoms with E-state index in [0.29, 0.717) is 17.3 Å². The molecule has 0 aliphatic heterocycles. The van der Waals surface area contributed by atoms with Gasteiger partial charge in [-0.3, -0.25) is 4.68 Å². The first-order valence-electron chi connectivity index (χ1n) is 8.92.